The molecular formula is C22H23NO3. The molecule has 0 spiro atoms. The third kappa shape index (κ3) is 3.64. The standard InChI is InChI=1S/C22H23NO3/c1-15(24)18-6-9-21-19(12-18)10-11-23(22(21)25)13-16-4-7-20(8-5-16)26-14-17-2-3-17/h4-9,12,17H,2-3,10-11,13-14H2,1H3. The van der Waals surface area contributed by atoms with Crippen LogP contribution < -0.4 is 4.74 Å². The zero-order valence-corrected chi connectivity index (χ0v) is 15.0. The Balaban J connectivity index is 1.42. The van der Waals surface area contributed by atoms with E-state index in [2.05, 4.69) is 0 Å². The topological polar surface area (TPSA) is 46.6 Å². The molecule has 0 radical (unpaired) electrons. The molecule has 0 unspecified atom stereocenters. The van der Waals surface area contributed by atoms with Gasteiger partial charge in [0.25, 0.3) is 5.91 Å². The maximum atomic E-state index is 12.8. The van der Waals surface area contributed by atoms with Crippen LogP contribution in [0.3, 0.4) is 0 Å². The molecule has 1 saturated carbocycles. The highest BCUT2D eigenvalue weighted by atomic mass is 16.5. The van der Waals surface area contributed by atoms with Gasteiger partial charge < -0.3 is 9.64 Å². The van der Waals surface area contributed by atoms with Crippen molar-refractivity contribution in [3.63, 3.8) is 0 Å². The number of fused-ring (bicyclic) bond motifs is 1. The first-order chi connectivity index (χ1) is 12.6. The van der Waals surface area contributed by atoms with Crippen molar-refractivity contribution in [2.24, 2.45) is 5.92 Å². The quantitative estimate of drug-likeness (QED) is 0.744. The van der Waals surface area contributed by atoms with E-state index in [1.165, 1.54) is 12.8 Å². The molecule has 2 aromatic rings. The SMILES string of the molecule is CC(=O)c1ccc2c(c1)CCN(Cc1ccc(OCC3CC3)cc1)C2=O. The summed E-state index contributed by atoms with van der Waals surface area (Å²) in [5.74, 6) is 1.71. The average molecular weight is 349 g/mol. The van der Waals surface area contributed by atoms with Crippen molar-refractivity contribution in [2.45, 2.75) is 32.7 Å². The molecule has 134 valence electrons. The second-order valence-corrected chi connectivity index (χ2v) is 7.30. The zero-order chi connectivity index (χ0) is 18.1. The molecule has 1 amide bonds. The van der Waals surface area contributed by atoms with Gasteiger partial charge in [-0.2, -0.15) is 0 Å². The van der Waals surface area contributed by atoms with Gasteiger partial charge in [-0.05, 0) is 67.5 Å². The van der Waals surface area contributed by atoms with Crippen LogP contribution in [0.2, 0.25) is 0 Å². The van der Waals surface area contributed by atoms with Crippen molar-refractivity contribution in [1.29, 1.82) is 0 Å². The fraction of sp³-hybridized carbons (Fsp3) is 0.364. The number of carbonyl (C=O) groups is 2. The summed E-state index contributed by atoms with van der Waals surface area (Å²) in [6.45, 7) is 3.63. The molecule has 1 aliphatic carbocycles. The minimum Gasteiger partial charge on any atom is -0.493 e. The van der Waals surface area contributed by atoms with E-state index in [0.29, 0.717) is 24.2 Å². The van der Waals surface area contributed by atoms with E-state index in [0.717, 1.165) is 35.8 Å². The first-order valence-electron chi connectivity index (χ1n) is 9.25. The monoisotopic (exact) mass is 349 g/mol. The number of ether oxygens (including phenoxy) is 1. The first kappa shape index (κ1) is 16.8. The van der Waals surface area contributed by atoms with Gasteiger partial charge >= 0.3 is 0 Å². The van der Waals surface area contributed by atoms with Crippen LogP contribution >= 0.6 is 0 Å². The van der Waals surface area contributed by atoms with Crippen molar-refractivity contribution < 1.29 is 14.3 Å². The second kappa shape index (κ2) is 6.94. The normalized spacial score (nSPS) is 16.3. The van der Waals surface area contributed by atoms with E-state index in [1.807, 2.05) is 35.2 Å². The van der Waals surface area contributed by atoms with Gasteiger partial charge in [-0.3, -0.25) is 9.59 Å². The number of rotatable bonds is 6. The minimum atomic E-state index is 0.0340. The fourth-order valence-corrected chi connectivity index (χ4v) is 3.32. The van der Waals surface area contributed by atoms with Crippen LogP contribution in [0.4, 0.5) is 0 Å². The highest BCUT2D eigenvalue weighted by Crippen LogP contribution is 2.29. The van der Waals surface area contributed by atoms with Crippen LogP contribution in [0.5, 0.6) is 5.75 Å². The van der Waals surface area contributed by atoms with Crippen LogP contribution in [-0.4, -0.2) is 29.7 Å². The summed E-state index contributed by atoms with van der Waals surface area (Å²) in [4.78, 5) is 26.2. The lowest BCUT2D eigenvalue weighted by Crippen LogP contribution is -2.37. The molecule has 4 rings (SSSR count). The van der Waals surface area contributed by atoms with Gasteiger partial charge in [0.05, 0.1) is 6.61 Å². The largest absolute Gasteiger partial charge is 0.493 e. The Kier molecular flexibility index (Phi) is 4.49. The van der Waals surface area contributed by atoms with E-state index in [1.54, 1.807) is 19.1 Å². The Labute approximate surface area is 153 Å². The fourth-order valence-electron chi connectivity index (χ4n) is 3.32. The lowest BCUT2D eigenvalue weighted by molar-refractivity contribution is 0.0726. The summed E-state index contributed by atoms with van der Waals surface area (Å²) >= 11 is 0. The molecule has 0 bridgehead atoms. The van der Waals surface area contributed by atoms with E-state index in [9.17, 15) is 9.59 Å². The molecule has 0 atom stereocenters. The Hall–Kier alpha value is -2.62. The molecule has 1 aliphatic heterocycles. The van der Waals surface area contributed by atoms with Crippen LogP contribution in [0.1, 0.15) is 51.6 Å². The smallest absolute Gasteiger partial charge is 0.254 e. The van der Waals surface area contributed by atoms with E-state index in [-0.39, 0.29) is 11.7 Å². The highest BCUT2D eigenvalue weighted by Gasteiger charge is 2.25. The summed E-state index contributed by atoms with van der Waals surface area (Å²) in [6, 6.07) is 13.4. The summed E-state index contributed by atoms with van der Waals surface area (Å²) in [5.41, 5.74) is 3.46. The molecule has 2 aliphatic rings. The minimum absolute atomic E-state index is 0.0340. The molecule has 4 heteroatoms. The Morgan fingerprint density at radius 2 is 1.92 bits per heavy atom. The first-order valence-corrected chi connectivity index (χ1v) is 9.25. The van der Waals surface area contributed by atoms with Gasteiger partial charge in [0.2, 0.25) is 0 Å². The molecule has 2 aromatic carbocycles. The molecule has 1 heterocycles. The Morgan fingerprint density at radius 1 is 1.15 bits per heavy atom. The summed E-state index contributed by atoms with van der Waals surface area (Å²) in [7, 11) is 0. The molecule has 4 nitrogen and oxygen atoms in total. The van der Waals surface area contributed by atoms with Crippen LogP contribution in [0, 0.1) is 5.92 Å². The summed E-state index contributed by atoms with van der Waals surface area (Å²) in [5, 5.41) is 0. The van der Waals surface area contributed by atoms with Crippen molar-refractivity contribution in [3.05, 3.63) is 64.7 Å². The van der Waals surface area contributed by atoms with Crippen molar-refractivity contribution in [1.82, 2.24) is 4.90 Å². The van der Waals surface area contributed by atoms with Gasteiger partial charge in [0, 0.05) is 24.2 Å². The third-order valence-electron chi connectivity index (χ3n) is 5.16. The van der Waals surface area contributed by atoms with Gasteiger partial charge in [-0.1, -0.05) is 18.2 Å². The number of hydrogen-bond donors (Lipinski definition) is 0. The average Bonchev–Trinajstić information content (AvgIpc) is 3.47. The van der Waals surface area contributed by atoms with Gasteiger partial charge in [0.15, 0.2) is 5.78 Å². The molecular weight excluding hydrogens is 326 g/mol. The molecule has 0 saturated heterocycles. The molecule has 26 heavy (non-hydrogen) atoms. The van der Waals surface area contributed by atoms with E-state index >= 15 is 0 Å². The van der Waals surface area contributed by atoms with Gasteiger partial charge in [-0.25, -0.2) is 0 Å². The lowest BCUT2D eigenvalue weighted by atomic mass is 9.95. The highest BCUT2D eigenvalue weighted by molar-refractivity contribution is 5.99. The number of carbonyl (C=O) groups excluding carboxylic acids is 2. The Morgan fingerprint density at radius 3 is 2.62 bits per heavy atom. The van der Waals surface area contributed by atoms with Gasteiger partial charge in [0.1, 0.15) is 5.75 Å². The number of nitrogens with zero attached hydrogens (tertiary/aromatic N) is 1. The summed E-state index contributed by atoms with van der Waals surface area (Å²) < 4.78 is 5.76. The molecule has 0 aromatic heterocycles. The van der Waals surface area contributed by atoms with Crippen LogP contribution in [-0.2, 0) is 13.0 Å². The van der Waals surface area contributed by atoms with E-state index < -0.39 is 0 Å². The van der Waals surface area contributed by atoms with Gasteiger partial charge in [-0.15, -0.1) is 0 Å². The number of Topliss-reactive ketones (excluding diaryl/α,β-unsaturated/α-hetero) is 1. The Bertz CT molecular complexity index is 837. The number of benzene rings is 2. The van der Waals surface area contributed by atoms with Crippen LogP contribution in [0.15, 0.2) is 42.5 Å². The maximum Gasteiger partial charge on any atom is 0.254 e. The molecule has 0 N–H and O–H groups in total. The zero-order valence-electron chi connectivity index (χ0n) is 15.0. The third-order valence-corrected chi connectivity index (χ3v) is 5.16. The van der Waals surface area contributed by atoms with Crippen molar-refractivity contribution in [3.8, 4) is 5.75 Å². The van der Waals surface area contributed by atoms with Crippen molar-refractivity contribution >= 4 is 11.7 Å². The summed E-state index contributed by atoms with van der Waals surface area (Å²) in [6.07, 6.45) is 3.35. The number of amides is 1. The van der Waals surface area contributed by atoms with Crippen molar-refractivity contribution in [2.75, 3.05) is 13.2 Å². The second-order valence-electron chi connectivity index (χ2n) is 7.30. The number of ketones is 1. The number of hydrogen-bond acceptors (Lipinski definition) is 3. The predicted octanol–water partition coefficient (Wildman–Crippen LogP) is 3.88. The lowest BCUT2D eigenvalue weighted by Gasteiger charge is -2.29. The van der Waals surface area contributed by atoms with E-state index in [4.69, 9.17) is 4.74 Å². The van der Waals surface area contributed by atoms with Crippen LogP contribution in [0.25, 0.3) is 0 Å². The maximum absolute atomic E-state index is 12.8. The predicted molar refractivity (Wildman–Crippen MR) is 99.6 cm³/mol. The molecule has 1 fully saturated rings.